The molecule has 0 unspecified atom stereocenters. The van der Waals surface area contributed by atoms with Crippen molar-refractivity contribution in [3.05, 3.63) is 21.5 Å². The van der Waals surface area contributed by atoms with Crippen LogP contribution in [-0.4, -0.2) is 28.5 Å². The molecule has 1 amide bonds. The van der Waals surface area contributed by atoms with Gasteiger partial charge >= 0.3 is 0 Å². The summed E-state index contributed by atoms with van der Waals surface area (Å²) < 4.78 is 3.19. The summed E-state index contributed by atoms with van der Waals surface area (Å²) in [6.07, 6.45) is 3.07. The number of halogens is 1. The quantitative estimate of drug-likeness (QED) is 0.767. The van der Waals surface area contributed by atoms with Gasteiger partial charge in [-0.3, -0.25) is 4.79 Å². The van der Waals surface area contributed by atoms with Crippen LogP contribution in [0.2, 0.25) is 0 Å². The highest BCUT2D eigenvalue weighted by atomic mass is 127. The molecule has 0 N–H and O–H groups in total. The highest BCUT2D eigenvalue weighted by Gasteiger charge is 2.23. The van der Waals surface area contributed by atoms with Crippen LogP contribution < -0.4 is 0 Å². The monoisotopic (exact) mass is 304 g/mol. The molecule has 0 fully saturated rings. The number of nitrogens with zero attached hydrogens (tertiary/aromatic N) is 2. The lowest BCUT2D eigenvalue weighted by Crippen LogP contribution is -2.40. The Morgan fingerprint density at radius 1 is 1.50 bits per heavy atom. The molecule has 1 aromatic heterocycles. The van der Waals surface area contributed by atoms with E-state index < -0.39 is 0 Å². The van der Waals surface area contributed by atoms with E-state index in [1.165, 1.54) is 0 Å². The molecule has 2 heterocycles. The van der Waals surface area contributed by atoms with Gasteiger partial charge in [-0.05, 0) is 35.1 Å². The number of rotatable bonds is 2. The Kier molecular flexibility index (Phi) is 2.80. The first-order chi connectivity index (χ1) is 6.72. The molecule has 0 aromatic carbocycles. The van der Waals surface area contributed by atoms with E-state index >= 15 is 0 Å². The summed E-state index contributed by atoms with van der Waals surface area (Å²) in [6, 6.07) is 1.96. The zero-order valence-corrected chi connectivity index (χ0v) is 10.3. The molecule has 0 bridgehead atoms. The van der Waals surface area contributed by atoms with Gasteiger partial charge in [-0.2, -0.15) is 0 Å². The maximum atomic E-state index is 11.9. The van der Waals surface area contributed by atoms with Gasteiger partial charge in [-0.15, -0.1) is 0 Å². The molecule has 0 atom stereocenters. The second kappa shape index (κ2) is 3.92. The predicted molar refractivity (Wildman–Crippen MR) is 63.3 cm³/mol. The van der Waals surface area contributed by atoms with Crippen LogP contribution in [0.3, 0.4) is 0 Å². The summed E-state index contributed by atoms with van der Waals surface area (Å²) >= 11 is 2.25. The minimum absolute atomic E-state index is 0.181. The molecule has 2 rings (SSSR count). The molecule has 0 spiro atoms. The molecule has 1 aliphatic heterocycles. The van der Waals surface area contributed by atoms with Gasteiger partial charge < -0.3 is 9.47 Å². The third-order valence-corrected chi connectivity index (χ3v) is 3.06. The zero-order chi connectivity index (χ0) is 10.1. The number of hydrogen-bond acceptors (Lipinski definition) is 1. The van der Waals surface area contributed by atoms with Gasteiger partial charge in [0, 0.05) is 29.4 Å². The molecule has 3 nitrogen and oxygen atoms in total. The minimum Gasteiger partial charge on any atom is -0.341 e. The van der Waals surface area contributed by atoms with Crippen molar-refractivity contribution in [2.45, 2.75) is 19.9 Å². The molecular formula is C10H13IN2O. The average molecular weight is 304 g/mol. The molecule has 0 saturated heterocycles. The fourth-order valence-corrected chi connectivity index (χ4v) is 2.45. The molecule has 1 aliphatic rings. The first-order valence-corrected chi connectivity index (χ1v) is 5.95. The zero-order valence-electron chi connectivity index (χ0n) is 8.16. The molecule has 1 aromatic rings. The van der Waals surface area contributed by atoms with E-state index in [1.807, 2.05) is 17.2 Å². The Hall–Kier alpha value is -0.520. The van der Waals surface area contributed by atoms with Gasteiger partial charge in [-0.1, -0.05) is 6.92 Å². The van der Waals surface area contributed by atoms with Crippen LogP contribution in [0.25, 0.3) is 0 Å². The van der Waals surface area contributed by atoms with Gasteiger partial charge in [0.1, 0.15) is 5.69 Å². The van der Waals surface area contributed by atoms with E-state index in [-0.39, 0.29) is 5.91 Å². The van der Waals surface area contributed by atoms with Crippen molar-refractivity contribution < 1.29 is 4.79 Å². The Bertz CT molecular complexity index is 359. The Labute approximate surface area is 97.2 Å². The van der Waals surface area contributed by atoms with Crippen LogP contribution in [0.1, 0.15) is 23.8 Å². The largest absolute Gasteiger partial charge is 0.341 e. The van der Waals surface area contributed by atoms with Crippen molar-refractivity contribution in [2.75, 3.05) is 13.1 Å². The normalized spacial score (nSPS) is 15.9. The van der Waals surface area contributed by atoms with Gasteiger partial charge in [0.2, 0.25) is 0 Å². The number of fused-ring (bicyclic) bond motifs is 1. The first kappa shape index (κ1) is 10.0. The number of aromatic nitrogens is 1. The Balaban J connectivity index is 2.26. The maximum absolute atomic E-state index is 11.9. The second-order valence-electron chi connectivity index (χ2n) is 3.53. The van der Waals surface area contributed by atoms with Crippen LogP contribution in [-0.2, 0) is 6.54 Å². The Morgan fingerprint density at radius 2 is 2.29 bits per heavy atom. The number of carbonyl (C=O) groups is 1. The van der Waals surface area contributed by atoms with E-state index in [1.54, 1.807) is 0 Å². The van der Waals surface area contributed by atoms with E-state index in [0.29, 0.717) is 0 Å². The fourth-order valence-electron chi connectivity index (χ4n) is 1.81. The van der Waals surface area contributed by atoms with E-state index in [4.69, 9.17) is 0 Å². The standard InChI is InChI=1S/C10H13IN2O/c1-2-3-12-4-5-13-7-8(11)6-9(13)10(12)14/h6-7H,2-5H2,1H3. The van der Waals surface area contributed by atoms with Crippen molar-refractivity contribution in [1.29, 1.82) is 0 Å². The summed E-state index contributed by atoms with van der Waals surface area (Å²) in [5, 5.41) is 0. The minimum atomic E-state index is 0.181. The van der Waals surface area contributed by atoms with Crippen molar-refractivity contribution in [2.24, 2.45) is 0 Å². The predicted octanol–water partition coefficient (Wildman–Crippen LogP) is 1.96. The van der Waals surface area contributed by atoms with Gasteiger partial charge in [-0.25, -0.2) is 0 Å². The number of hydrogen-bond donors (Lipinski definition) is 0. The smallest absolute Gasteiger partial charge is 0.270 e. The van der Waals surface area contributed by atoms with E-state index in [0.717, 1.165) is 35.3 Å². The SMILES string of the molecule is CCCN1CCn2cc(I)cc2C1=O. The molecule has 0 saturated carbocycles. The number of carbonyl (C=O) groups excluding carboxylic acids is 1. The lowest BCUT2D eigenvalue weighted by atomic mass is 10.2. The third-order valence-electron chi connectivity index (χ3n) is 2.47. The van der Waals surface area contributed by atoms with Crippen LogP contribution in [0.15, 0.2) is 12.3 Å². The average Bonchev–Trinajstić information content (AvgIpc) is 2.52. The molecule has 76 valence electrons. The van der Waals surface area contributed by atoms with Crippen LogP contribution >= 0.6 is 22.6 Å². The highest BCUT2D eigenvalue weighted by Crippen LogP contribution is 2.17. The van der Waals surface area contributed by atoms with Crippen molar-refractivity contribution >= 4 is 28.5 Å². The second-order valence-corrected chi connectivity index (χ2v) is 4.77. The summed E-state index contributed by atoms with van der Waals surface area (Å²) in [7, 11) is 0. The first-order valence-electron chi connectivity index (χ1n) is 4.87. The van der Waals surface area contributed by atoms with Crippen LogP contribution in [0.5, 0.6) is 0 Å². The summed E-state index contributed by atoms with van der Waals surface area (Å²) in [5.41, 5.74) is 0.842. The molecule has 14 heavy (non-hydrogen) atoms. The van der Waals surface area contributed by atoms with Gasteiger partial charge in [0.15, 0.2) is 0 Å². The van der Waals surface area contributed by atoms with Crippen LogP contribution in [0, 0.1) is 3.57 Å². The van der Waals surface area contributed by atoms with Crippen molar-refractivity contribution in [3.63, 3.8) is 0 Å². The number of amides is 1. The topological polar surface area (TPSA) is 25.2 Å². The third kappa shape index (κ3) is 1.67. The lowest BCUT2D eigenvalue weighted by Gasteiger charge is -2.27. The van der Waals surface area contributed by atoms with E-state index in [2.05, 4.69) is 34.1 Å². The molecule has 4 heteroatoms. The van der Waals surface area contributed by atoms with Crippen molar-refractivity contribution in [3.8, 4) is 0 Å². The summed E-state index contributed by atoms with van der Waals surface area (Å²) in [5.74, 6) is 0.181. The lowest BCUT2D eigenvalue weighted by molar-refractivity contribution is 0.0705. The molecule has 0 radical (unpaired) electrons. The Morgan fingerprint density at radius 3 is 3.00 bits per heavy atom. The molecular weight excluding hydrogens is 291 g/mol. The summed E-state index contributed by atoms with van der Waals surface area (Å²) in [4.78, 5) is 13.9. The summed E-state index contributed by atoms with van der Waals surface area (Å²) in [6.45, 7) is 4.76. The highest BCUT2D eigenvalue weighted by molar-refractivity contribution is 14.1. The maximum Gasteiger partial charge on any atom is 0.270 e. The van der Waals surface area contributed by atoms with E-state index in [9.17, 15) is 4.79 Å². The van der Waals surface area contributed by atoms with Crippen LogP contribution in [0.4, 0.5) is 0 Å². The molecule has 0 aliphatic carbocycles. The van der Waals surface area contributed by atoms with Gasteiger partial charge in [0.05, 0.1) is 0 Å². The fraction of sp³-hybridized carbons (Fsp3) is 0.500. The van der Waals surface area contributed by atoms with Crippen molar-refractivity contribution in [1.82, 2.24) is 9.47 Å². The van der Waals surface area contributed by atoms with Gasteiger partial charge in [0.25, 0.3) is 5.91 Å².